The van der Waals surface area contributed by atoms with E-state index in [1.165, 1.54) is 4.90 Å². The molecule has 0 aromatic carbocycles. The monoisotopic (exact) mass is 311 g/mol. The first-order valence-electron chi connectivity index (χ1n) is 7.35. The smallest absolute Gasteiger partial charge is 0.273 e. The van der Waals surface area contributed by atoms with Crippen LogP contribution in [0.5, 0.6) is 0 Å². The van der Waals surface area contributed by atoms with Gasteiger partial charge in [-0.1, -0.05) is 0 Å². The van der Waals surface area contributed by atoms with Gasteiger partial charge in [0.25, 0.3) is 5.91 Å². The molecule has 0 bridgehead atoms. The lowest BCUT2D eigenvalue weighted by atomic mass is 10.3. The van der Waals surface area contributed by atoms with Crippen molar-refractivity contribution in [2.75, 3.05) is 25.5 Å². The van der Waals surface area contributed by atoms with Gasteiger partial charge in [-0.25, -0.2) is 0 Å². The van der Waals surface area contributed by atoms with E-state index in [0.717, 1.165) is 25.2 Å². The largest absolute Gasteiger partial charge is 0.349 e. The lowest BCUT2D eigenvalue weighted by molar-refractivity contribution is 0.0821. The SMILES string of the molecule is CN(C)C(=O)c1ccc(N2CCCn3nc(C#N)cc3C2)nn1. The maximum atomic E-state index is 11.9. The minimum atomic E-state index is -0.170. The third kappa shape index (κ3) is 2.99. The van der Waals surface area contributed by atoms with E-state index in [4.69, 9.17) is 5.26 Å². The zero-order valence-corrected chi connectivity index (χ0v) is 13.1. The molecule has 3 rings (SSSR count). The van der Waals surface area contributed by atoms with Crippen molar-refractivity contribution in [3.8, 4) is 6.07 Å². The minimum absolute atomic E-state index is 0.170. The zero-order valence-electron chi connectivity index (χ0n) is 13.1. The number of nitrogens with zero attached hydrogens (tertiary/aromatic N) is 7. The standard InChI is InChI=1S/C15H17N7O/c1-20(2)15(23)13-4-5-14(18-17-13)21-6-3-7-22-12(10-21)8-11(9-16)19-22/h4-5,8H,3,6-7,10H2,1-2H3. The highest BCUT2D eigenvalue weighted by molar-refractivity contribution is 5.91. The fraction of sp³-hybridized carbons (Fsp3) is 0.400. The molecule has 1 aliphatic rings. The maximum Gasteiger partial charge on any atom is 0.273 e. The van der Waals surface area contributed by atoms with Crippen molar-refractivity contribution in [2.45, 2.75) is 19.5 Å². The van der Waals surface area contributed by atoms with Gasteiger partial charge in [0.15, 0.2) is 17.2 Å². The second kappa shape index (κ2) is 6.04. The Hall–Kier alpha value is -2.95. The van der Waals surface area contributed by atoms with Gasteiger partial charge in [0, 0.05) is 27.2 Å². The van der Waals surface area contributed by atoms with Gasteiger partial charge in [-0.2, -0.15) is 10.4 Å². The summed E-state index contributed by atoms with van der Waals surface area (Å²) in [5.41, 5.74) is 1.74. The van der Waals surface area contributed by atoms with Crippen LogP contribution >= 0.6 is 0 Å². The lowest BCUT2D eigenvalue weighted by Crippen LogP contribution is -2.26. The van der Waals surface area contributed by atoms with E-state index >= 15 is 0 Å². The summed E-state index contributed by atoms with van der Waals surface area (Å²) in [5, 5.41) is 21.4. The zero-order chi connectivity index (χ0) is 16.4. The average Bonchev–Trinajstić information content (AvgIpc) is 2.85. The number of anilines is 1. The van der Waals surface area contributed by atoms with E-state index in [1.807, 2.05) is 4.68 Å². The van der Waals surface area contributed by atoms with Crippen molar-refractivity contribution in [3.63, 3.8) is 0 Å². The van der Waals surface area contributed by atoms with Crippen LogP contribution in [0.2, 0.25) is 0 Å². The molecule has 0 aliphatic carbocycles. The number of carbonyl (C=O) groups is 1. The summed E-state index contributed by atoms with van der Waals surface area (Å²) in [4.78, 5) is 15.4. The number of aromatic nitrogens is 4. The fourth-order valence-corrected chi connectivity index (χ4v) is 2.55. The van der Waals surface area contributed by atoms with Crippen molar-refractivity contribution in [1.29, 1.82) is 5.26 Å². The Labute approximate surface area is 133 Å². The van der Waals surface area contributed by atoms with Gasteiger partial charge in [0.1, 0.15) is 6.07 Å². The summed E-state index contributed by atoms with van der Waals surface area (Å²) < 4.78 is 1.87. The number of nitriles is 1. The molecule has 1 amide bonds. The van der Waals surface area contributed by atoms with Crippen LogP contribution in [0.15, 0.2) is 18.2 Å². The molecular formula is C15H17N7O. The molecule has 2 aromatic heterocycles. The number of fused-ring (bicyclic) bond motifs is 1. The second-order valence-corrected chi connectivity index (χ2v) is 5.61. The van der Waals surface area contributed by atoms with E-state index in [2.05, 4.69) is 26.3 Å². The molecule has 8 heteroatoms. The van der Waals surface area contributed by atoms with Crippen LogP contribution in [0.1, 0.15) is 28.3 Å². The summed E-state index contributed by atoms with van der Waals surface area (Å²) in [7, 11) is 3.36. The third-order valence-corrected chi connectivity index (χ3v) is 3.73. The van der Waals surface area contributed by atoms with Crippen molar-refractivity contribution in [2.24, 2.45) is 0 Å². The Morgan fingerprint density at radius 3 is 2.78 bits per heavy atom. The van der Waals surface area contributed by atoms with E-state index in [-0.39, 0.29) is 5.91 Å². The minimum Gasteiger partial charge on any atom is -0.349 e. The maximum absolute atomic E-state index is 11.9. The molecule has 0 saturated heterocycles. The molecule has 2 aromatic rings. The summed E-state index contributed by atoms with van der Waals surface area (Å²) in [5.74, 6) is 0.546. The molecule has 8 nitrogen and oxygen atoms in total. The highest BCUT2D eigenvalue weighted by atomic mass is 16.2. The summed E-state index contributed by atoms with van der Waals surface area (Å²) in [6.07, 6.45) is 0.902. The number of aryl methyl sites for hydroxylation is 1. The van der Waals surface area contributed by atoms with Crippen molar-refractivity contribution in [3.05, 3.63) is 35.3 Å². The van der Waals surface area contributed by atoms with Crippen LogP contribution < -0.4 is 4.90 Å². The molecule has 0 atom stereocenters. The Balaban J connectivity index is 1.81. The van der Waals surface area contributed by atoms with Crippen molar-refractivity contribution >= 4 is 11.7 Å². The van der Waals surface area contributed by atoms with Crippen LogP contribution in [0.25, 0.3) is 0 Å². The number of amides is 1. The molecule has 0 N–H and O–H groups in total. The van der Waals surface area contributed by atoms with E-state index in [9.17, 15) is 4.79 Å². The first kappa shape index (κ1) is 15.0. The van der Waals surface area contributed by atoms with Gasteiger partial charge < -0.3 is 9.80 Å². The van der Waals surface area contributed by atoms with Crippen LogP contribution in [0.4, 0.5) is 5.82 Å². The van der Waals surface area contributed by atoms with Gasteiger partial charge in [0.05, 0.1) is 12.2 Å². The molecule has 0 unspecified atom stereocenters. The Morgan fingerprint density at radius 2 is 2.13 bits per heavy atom. The van der Waals surface area contributed by atoms with Gasteiger partial charge >= 0.3 is 0 Å². The highest BCUT2D eigenvalue weighted by Gasteiger charge is 2.19. The molecule has 0 radical (unpaired) electrons. The number of carbonyl (C=O) groups excluding carboxylic acids is 1. The average molecular weight is 311 g/mol. The van der Waals surface area contributed by atoms with Gasteiger partial charge in [-0.05, 0) is 24.6 Å². The molecule has 0 fully saturated rings. The first-order valence-corrected chi connectivity index (χ1v) is 7.35. The van der Waals surface area contributed by atoms with E-state index in [1.54, 1.807) is 32.3 Å². The van der Waals surface area contributed by atoms with Crippen molar-refractivity contribution < 1.29 is 4.79 Å². The van der Waals surface area contributed by atoms with Crippen LogP contribution in [-0.4, -0.2) is 51.4 Å². The third-order valence-electron chi connectivity index (χ3n) is 3.73. The predicted molar refractivity (Wildman–Crippen MR) is 82.7 cm³/mol. The fourth-order valence-electron chi connectivity index (χ4n) is 2.55. The predicted octanol–water partition coefficient (Wildman–Crippen LogP) is 0.657. The summed E-state index contributed by atoms with van der Waals surface area (Å²) >= 11 is 0. The lowest BCUT2D eigenvalue weighted by Gasteiger charge is -2.20. The number of rotatable bonds is 2. The highest BCUT2D eigenvalue weighted by Crippen LogP contribution is 2.19. The summed E-state index contributed by atoms with van der Waals surface area (Å²) in [6, 6.07) is 7.36. The van der Waals surface area contributed by atoms with Crippen LogP contribution in [0, 0.1) is 11.3 Å². The first-order chi connectivity index (χ1) is 11.1. The Kier molecular flexibility index (Phi) is 3.93. The molecule has 23 heavy (non-hydrogen) atoms. The van der Waals surface area contributed by atoms with Crippen LogP contribution in [0.3, 0.4) is 0 Å². The van der Waals surface area contributed by atoms with Gasteiger partial charge in [-0.15, -0.1) is 10.2 Å². The Bertz CT molecular complexity index is 757. The molecule has 0 spiro atoms. The van der Waals surface area contributed by atoms with E-state index < -0.39 is 0 Å². The van der Waals surface area contributed by atoms with Gasteiger partial charge in [-0.3, -0.25) is 9.48 Å². The van der Waals surface area contributed by atoms with Crippen molar-refractivity contribution in [1.82, 2.24) is 24.9 Å². The molecule has 3 heterocycles. The number of hydrogen-bond acceptors (Lipinski definition) is 6. The summed E-state index contributed by atoms with van der Waals surface area (Å²) in [6.45, 7) is 2.21. The molecule has 1 aliphatic heterocycles. The van der Waals surface area contributed by atoms with E-state index in [0.29, 0.717) is 23.8 Å². The van der Waals surface area contributed by atoms with Gasteiger partial charge in [0.2, 0.25) is 0 Å². The topological polar surface area (TPSA) is 90.9 Å². The normalized spacial score (nSPS) is 13.9. The molecule has 0 saturated carbocycles. The second-order valence-electron chi connectivity index (χ2n) is 5.61. The quantitative estimate of drug-likeness (QED) is 0.809. The number of hydrogen-bond donors (Lipinski definition) is 0. The molecular weight excluding hydrogens is 294 g/mol. The molecule has 118 valence electrons. The Morgan fingerprint density at radius 1 is 1.30 bits per heavy atom. The van der Waals surface area contributed by atoms with Crippen LogP contribution in [-0.2, 0) is 13.1 Å².